The molecule has 2 aromatic carbocycles. The number of benzene rings is 2. The fourth-order valence-electron chi connectivity index (χ4n) is 2.81. The molecule has 1 aliphatic carbocycles. The predicted molar refractivity (Wildman–Crippen MR) is 89.3 cm³/mol. The zero-order valence-corrected chi connectivity index (χ0v) is 13.3. The molecule has 2 aromatic rings. The topological polar surface area (TPSA) is 35.8 Å². The van der Waals surface area contributed by atoms with Gasteiger partial charge in [0, 0.05) is 16.2 Å². The second-order valence-electron chi connectivity index (χ2n) is 5.60. The average Bonchev–Trinajstić information content (AvgIpc) is 2.44. The van der Waals surface area contributed by atoms with Crippen molar-refractivity contribution in [2.24, 2.45) is 0 Å². The Labute approximate surface area is 133 Å². The first-order valence-electron chi connectivity index (χ1n) is 7.22. The quantitative estimate of drug-likeness (QED) is 0.861. The Morgan fingerprint density at radius 1 is 1.14 bits per heavy atom. The predicted octanol–water partition coefficient (Wildman–Crippen LogP) is 4.87. The highest BCUT2D eigenvalue weighted by molar-refractivity contribution is 9.10. The molecule has 2 nitrogen and oxygen atoms in total. The number of anilines is 1. The minimum absolute atomic E-state index is 0.481. The van der Waals surface area contributed by atoms with Crippen LogP contribution in [0.2, 0.25) is 0 Å². The molecule has 0 atom stereocenters. The van der Waals surface area contributed by atoms with Gasteiger partial charge in [0.2, 0.25) is 0 Å². The lowest BCUT2D eigenvalue weighted by atomic mass is 9.76. The number of nitrogens with zero attached hydrogens (tertiary/aromatic N) is 1. The number of nitriles is 1. The molecule has 1 saturated carbocycles. The van der Waals surface area contributed by atoms with E-state index in [9.17, 15) is 0 Å². The van der Waals surface area contributed by atoms with Crippen LogP contribution in [0.5, 0.6) is 0 Å². The summed E-state index contributed by atoms with van der Waals surface area (Å²) in [6.45, 7) is 0. The first-order chi connectivity index (χ1) is 10.2. The van der Waals surface area contributed by atoms with Crippen LogP contribution in [0, 0.1) is 11.3 Å². The fourth-order valence-corrected chi connectivity index (χ4v) is 3.23. The van der Waals surface area contributed by atoms with Gasteiger partial charge in [0.05, 0.1) is 12.5 Å². The van der Waals surface area contributed by atoms with Gasteiger partial charge in [0.1, 0.15) is 0 Å². The molecule has 21 heavy (non-hydrogen) atoms. The van der Waals surface area contributed by atoms with E-state index in [1.165, 1.54) is 18.4 Å². The summed E-state index contributed by atoms with van der Waals surface area (Å²) in [7, 11) is 0. The van der Waals surface area contributed by atoms with Crippen LogP contribution in [0.25, 0.3) is 0 Å². The lowest BCUT2D eigenvalue weighted by molar-refractivity contribution is 0.374. The third kappa shape index (κ3) is 3.46. The number of rotatable bonds is 4. The van der Waals surface area contributed by atoms with Gasteiger partial charge in [0.25, 0.3) is 0 Å². The molecular weight excluding hydrogens is 324 g/mol. The summed E-state index contributed by atoms with van der Waals surface area (Å²) in [6, 6.07) is 19.5. The number of hydrogen-bond donors (Lipinski definition) is 1. The van der Waals surface area contributed by atoms with Crippen LogP contribution < -0.4 is 5.32 Å². The summed E-state index contributed by atoms with van der Waals surface area (Å²) in [4.78, 5) is 0. The van der Waals surface area contributed by atoms with Gasteiger partial charge in [-0.3, -0.25) is 0 Å². The van der Waals surface area contributed by atoms with Gasteiger partial charge >= 0.3 is 0 Å². The summed E-state index contributed by atoms with van der Waals surface area (Å²) in [5.74, 6) is 0.665. The van der Waals surface area contributed by atoms with Crippen LogP contribution in [0.4, 0.5) is 5.69 Å². The van der Waals surface area contributed by atoms with E-state index in [-0.39, 0.29) is 0 Å². The van der Waals surface area contributed by atoms with Crippen LogP contribution in [0.1, 0.15) is 29.9 Å². The summed E-state index contributed by atoms with van der Waals surface area (Å²) in [6.07, 6.45) is 2.83. The number of hydrogen-bond acceptors (Lipinski definition) is 2. The van der Waals surface area contributed by atoms with Gasteiger partial charge in [-0.05, 0) is 54.2 Å². The minimum Gasteiger partial charge on any atom is -0.382 e. The van der Waals surface area contributed by atoms with Crippen LogP contribution in [0.15, 0.2) is 53.0 Å². The maximum absolute atomic E-state index is 8.67. The van der Waals surface area contributed by atoms with Crippen LogP contribution >= 0.6 is 15.9 Å². The van der Waals surface area contributed by atoms with Gasteiger partial charge in [-0.15, -0.1) is 0 Å². The van der Waals surface area contributed by atoms with E-state index in [2.05, 4.69) is 63.7 Å². The maximum Gasteiger partial charge on any atom is 0.0669 e. The van der Waals surface area contributed by atoms with Crippen molar-refractivity contribution >= 4 is 21.6 Å². The lowest BCUT2D eigenvalue weighted by Gasteiger charge is -2.37. The molecule has 0 heterocycles. The first-order valence-corrected chi connectivity index (χ1v) is 8.02. The molecule has 3 rings (SSSR count). The molecule has 1 N–H and O–H groups in total. The highest BCUT2D eigenvalue weighted by atomic mass is 79.9. The van der Waals surface area contributed by atoms with E-state index >= 15 is 0 Å². The van der Waals surface area contributed by atoms with Gasteiger partial charge < -0.3 is 5.32 Å². The summed E-state index contributed by atoms with van der Waals surface area (Å²) < 4.78 is 1.16. The molecule has 0 amide bonds. The second kappa shape index (κ2) is 6.32. The molecule has 0 aliphatic heterocycles. The fraction of sp³-hybridized carbons (Fsp3) is 0.278. The number of halogens is 1. The molecule has 0 aromatic heterocycles. The third-order valence-corrected chi connectivity index (χ3v) is 4.56. The van der Waals surface area contributed by atoms with Crippen molar-refractivity contribution in [3.05, 3.63) is 64.1 Å². The van der Waals surface area contributed by atoms with Crippen LogP contribution in [-0.4, -0.2) is 6.04 Å². The molecule has 0 spiro atoms. The SMILES string of the molecule is N#CCc1ccc(NC2CC(c3cccc(Br)c3)C2)cc1. The number of nitrogens with one attached hydrogen (secondary N) is 1. The van der Waals surface area contributed by atoms with Crippen molar-refractivity contribution in [2.45, 2.75) is 31.2 Å². The van der Waals surface area contributed by atoms with E-state index in [0.717, 1.165) is 15.7 Å². The largest absolute Gasteiger partial charge is 0.382 e. The van der Waals surface area contributed by atoms with E-state index in [1.54, 1.807) is 0 Å². The molecule has 0 unspecified atom stereocenters. The summed E-state index contributed by atoms with van der Waals surface area (Å²) in [5.41, 5.74) is 3.64. The Hall–Kier alpha value is -1.79. The van der Waals surface area contributed by atoms with Gasteiger partial charge in [-0.25, -0.2) is 0 Å². The summed E-state index contributed by atoms with van der Waals surface area (Å²) in [5, 5.41) is 12.2. The van der Waals surface area contributed by atoms with Crippen molar-refractivity contribution in [3.63, 3.8) is 0 Å². The van der Waals surface area contributed by atoms with Crippen LogP contribution in [0.3, 0.4) is 0 Å². The normalized spacial score (nSPS) is 20.4. The van der Waals surface area contributed by atoms with Gasteiger partial charge in [-0.1, -0.05) is 40.2 Å². The molecule has 106 valence electrons. The Balaban J connectivity index is 1.54. The zero-order chi connectivity index (χ0) is 14.7. The molecule has 0 radical (unpaired) electrons. The lowest BCUT2D eigenvalue weighted by Crippen LogP contribution is -2.33. The van der Waals surface area contributed by atoms with E-state index < -0.39 is 0 Å². The molecule has 3 heteroatoms. The summed E-state index contributed by atoms with van der Waals surface area (Å²) >= 11 is 3.53. The average molecular weight is 341 g/mol. The smallest absolute Gasteiger partial charge is 0.0669 e. The monoisotopic (exact) mass is 340 g/mol. The zero-order valence-electron chi connectivity index (χ0n) is 11.7. The molecule has 0 saturated heterocycles. The molecule has 0 bridgehead atoms. The van der Waals surface area contributed by atoms with Crippen molar-refractivity contribution in [2.75, 3.05) is 5.32 Å². The van der Waals surface area contributed by atoms with Crippen molar-refractivity contribution in [1.29, 1.82) is 5.26 Å². The Kier molecular flexibility index (Phi) is 4.26. The molecule has 1 aliphatic rings. The van der Waals surface area contributed by atoms with Crippen molar-refractivity contribution in [3.8, 4) is 6.07 Å². The minimum atomic E-state index is 0.481. The Morgan fingerprint density at radius 3 is 2.57 bits per heavy atom. The molecular formula is C18H17BrN2. The highest BCUT2D eigenvalue weighted by Gasteiger charge is 2.30. The van der Waals surface area contributed by atoms with Crippen LogP contribution in [-0.2, 0) is 6.42 Å². The Bertz CT molecular complexity index is 652. The van der Waals surface area contributed by atoms with E-state index in [1.807, 2.05) is 12.1 Å². The van der Waals surface area contributed by atoms with Gasteiger partial charge in [0.15, 0.2) is 0 Å². The third-order valence-electron chi connectivity index (χ3n) is 4.07. The standard InChI is InChI=1S/C18H17BrN2/c19-16-3-1-2-14(10-16)15-11-18(12-15)21-17-6-4-13(5-7-17)8-9-20/h1-7,10,15,18,21H,8,11-12H2. The maximum atomic E-state index is 8.67. The highest BCUT2D eigenvalue weighted by Crippen LogP contribution is 2.39. The van der Waals surface area contributed by atoms with Gasteiger partial charge in [-0.2, -0.15) is 5.26 Å². The first kappa shape index (κ1) is 14.2. The van der Waals surface area contributed by atoms with E-state index in [0.29, 0.717) is 18.4 Å². The van der Waals surface area contributed by atoms with Crippen molar-refractivity contribution in [1.82, 2.24) is 0 Å². The Morgan fingerprint density at radius 2 is 1.90 bits per heavy atom. The van der Waals surface area contributed by atoms with Crippen molar-refractivity contribution < 1.29 is 0 Å². The van der Waals surface area contributed by atoms with E-state index in [4.69, 9.17) is 5.26 Å². The molecule has 1 fully saturated rings. The second-order valence-corrected chi connectivity index (χ2v) is 6.51.